The lowest BCUT2D eigenvalue weighted by molar-refractivity contribution is 0.318. The molecule has 0 aliphatic heterocycles. The van der Waals surface area contributed by atoms with Crippen LogP contribution in [0, 0.1) is 11.8 Å². The average Bonchev–Trinajstić information content (AvgIpc) is 2.24. The Morgan fingerprint density at radius 3 is 2.16 bits per heavy atom. The molecule has 0 saturated heterocycles. The molecular weight excluding hydrogens is 258 g/mol. The van der Waals surface area contributed by atoms with E-state index in [2.05, 4.69) is 39.9 Å². The highest BCUT2D eigenvalue weighted by Gasteiger charge is 2.16. The Kier molecular flexibility index (Phi) is 8.21. The van der Waals surface area contributed by atoms with Gasteiger partial charge in [-0.1, -0.05) is 20.8 Å². The van der Waals surface area contributed by atoms with E-state index < -0.39 is 9.84 Å². The summed E-state index contributed by atoms with van der Waals surface area (Å²) in [6.45, 7) is 13.7. The van der Waals surface area contributed by atoms with Crippen molar-refractivity contribution in [2.45, 2.75) is 66.3 Å². The smallest absolute Gasteiger partial charge is 0.150 e. The summed E-state index contributed by atoms with van der Waals surface area (Å²) in [7, 11) is -2.81. The third-order valence-electron chi connectivity index (χ3n) is 3.23. The summed E-state index contributed by atoms with van der Waals surface area (Å²) in [6.07, 6.45) is 2.95. The van der Waals surface area contributed by atoms with Crippen LogP contribution in [0.25, 0.3) is 0 Å². The highest BCUT2D eigenvalue weighted by atomic mass is 32.2. The molecule has 0 heterocycles. The van der Waals surface area contributed by atoms with Crippen LogP contribution < -0.4 is 5.32 Å². The predicted octanol–water partition coefficient (Wildman–Crippen LogP) is 3.25. The van der Waals surface area contributed by atoms with Crippen molar-refractivity contribution in [2.75, 3.05) is 18.1 Å². The lowest BCUT2D eigenvalue weighted by Crippen LogP contribution is -2.39. The Labute approximate surface area is 120 Å². The van der Waals surface area contributed by atoms with Gasteiger partial charge in [-0.05, 0) is 58.4 Å². The van der Waals surface area contributed by atoms with Crippen LogP contribution in [0.15, 0.2) is 0 Å². The maximum atomic E-state index is 11.5. The van der Waals surface area contributed by atoms with Crippen LogP contribution in [-0.2, 0) is 9.84 Å². The molecule has 19 heavy (non-hydrogen) atoms. The van der Waals surface area contributed by atoms with E-state index in [-0.39, 0.29) is 11.3 Å². The van der Waals surface area contributed by atoms with Crippen LogP contribution in [0.1, 0.15) is 60.8 Å². The maximum Gasteiger partial charge on any atom is 0.150 e. The van der Waals surface area contributed by atoms with Crippen LogP contribution in [0.5, 0.6) is 0 Å². The zero-order chi connectivity index (χ0) is 15.1. The Morgan fingerprint density at radius 2 is 1.74 bits per heavy atom. The number of rotatable bonds is 9. The SMILES string of the molecule is CCS(=O)(=O)CCCC(CNC(C)(C)C)CC(C)C. The van der Waals surface area contributed by atoms with E-state index >= 15 is 0 Å². The van der Waals surface area contributed by atoms with Gasteiger partial charge in [0.25, 0.3) is 0 Å². The van der Waals surface area contributed by atoms with Gasteiger partial charge < -0.3 is 5.32 Å². The van der Waals surface area contributed by atoms with E-state index in [1.807, 2.05) is 0 Å². The number of nitrogens with one attached hydrogen (secondary N) is 1. The van der Waals surface area contributed by atoms with E-state index in [9.17, 15) is 8.42 Å². The summed E-state index contributed by atoms with van der Waals surface area (Å²) in [6, 6.07) is 0. The second kappa shape index (κ2) is 8.25. The average molecular weight is 292 g/mol. The molecule has 0 bridgehead atoms. The molecule has 1 atom stereocenters. The van der Waals surface area contributed by atoms with Gasteiger partial charge in [0.15, 0.2) is 0 Å². The molecule has 3 nitrogen and oxygen atoms in total. The summed E-state index contributed by atoms with van der Waals surface area (Å²) < 4.78 is 23.0. The molecule has 4 heteroatoms. The van der Waals surface area contributed by atoms with Crippen molar-refractivity contribution in [1.82, 2.24) is 5.32 Å². The molecule has 0 aliphatic carbocycles. The van der Waals surface area contributed by atoms with Gasteiger partial charge >= 0.3 is 0 Å². The highest BCUT2D eigenvalue weighted by Crippen LogP contribution is 2.18. The maximum absolute atomic E-state index is 11.5. The van der Waals surface area contributed by atoms with E-state index in [1.165, 1.54) is 0 Å². The van der Waals surface area contributed by atoms with E-state index in [0.717, 1.165) is 25.8 Å². The monoisotopic (exact) mass is 291 g/mol. The van der Waals surface area contributed by atoms with Crippen molar-refractivity contribution < 1.29 is 8.42 Å². The van der Waals surface area contributed by atoms with Crippen molar-refractivity contribution in [3.63, 3.8) is 0 Å². The molecule has 0 aromatic rings. The Bertz CT molecular complexity index is 329. The number of hydrogen-bond acceptors (Lipinski definition) is 3. The lowest BCUT2D eigenvalue weighted by atomic mass is 9.92. The summed E-state index contributed by atoms with van der Waals surface area (Å²) in [5.41, 5.74) is 0.130. The third kappa shape index (κ3) is 11.4. The number of hydrogen-bond donors (Lipinski definition) is 1. The molecule has 0 fully saturated rings. The molecule has 1 N–H and O–H groups in total. The zero-order valence-corrected chi connectivity index (χ0v) is 14.4. The molecule has 0 aliphatic rings. The topological polar surface area (TPSA) is 46.2 Å². The van der Waals surface area contributed by atoms with Gasteiger partial charge in [-0.3, -0.25) is 0 Å². The molecule has 1 unspecified atom stereocenters. The molecule has 0 spiro atoms. The molecule has 0 amide bonds. The van der Waals surface area contributed by atoms with E-state index in [1.54, 1.807) is 6.92 Å². The molecule has 0 radical (unpaired) electrons. The first-order valence-electron chi connectivity index (χ1n) is 7.51. The Balaban J connectivity index is 4.21. The highest BCUT2D eigenvalue weighted by molar-refractivity contribution is 7.91. The van der Waals surface area contributed by atoms with Crippen LogP contribution >= 0.6 is 0 Å². The standard InChI is InChI=1S/C15H33NO2S/c1-7-19(17,18)10-8-9-14(11-13(2)3)12-16-15(4,5)6/h13-14,16H,7-12H2,1-6H3. The first-order valence-corrected chi connectivity index (χ1v) is 9.33. The normalized spacial score (nSPS) is 14.9. The van der Waals surface area contributed by atoms with Gasteiger partial charge in [0.1, 0.15) is 9.84 Å². The minimum Gasteiger partial charge on any atom is -0.312 e. The van der Waals surface area contributed by atoms with Crippen LogP contribution in [-0.4, -0.2) is 32.0 Å². The minimum absolute atomic E-state index is 0.130. The van der Waals surface area contributed by atoms with E-state index in [4.69, 9.17) is 0 Å². The van der Waals surface area contributed by atoms with Gasteiger partial charge in [-0.15, -0.1) is 0 Å². The van der Waals surface area contributed by atoms with Gasteiger partial charge in [-0.25, -0.2) is 8.42 Å². The first-order chi connectivity index (χ1) is 8.56. The predicted molar refractivity (Wildman–Crippen MR) is 84.3 cm³/mol. The minimum atomic E-state index is -2.81. The first kappa shape index (κ1) is 18.9. The fourth-order valence-electron chi connectivity index (χ4n) is 2.16. The quantitative estimate of drug-likeness (QED) is 0.709. The molecule has 0 aromatic carbocycles. The van der Waals surface area contributed by atoms with Crippen molar-refractivity contribution in [1.29, 1.82) is 0 Å². The Hall–Kier alpha value is -0.0900. The van der Waals surface area contributed by atoms with Crippen LogP contribution in [0.2, 0.25) is 0 Å². The molecule has 0 rings (SSSR count). The van der Waals surface area contributed by atoms with Gasteiger partial charge in [0.2, 0.25) is 0 Å². The van der Waals surface area contributed by atoms with Crippen LogP contribution in [0.4, 0.5) is 0 Å². The fourth-order valence-corrected chi connectivity index (χ4v) is 3.05. The fraction of sp³-hybridized carbons (Fsp3) is 1.00. The zero-order valence-electron chi connectivity index (χ0n) is 13.6. The van der Waals surface area contributed by atoms with Gasteiger partial charge in [0.05, 0.1) is 5.75 Å². The second-order valence-corrected chi connectivity index (χ2v) is 9.48. The van der Waals surface area contributed by atoms with Gasteiger partial charge in [-0.2, -0.15) is 0 Å². The van der Waals surface area contributed by atoms with Crippen molar-refractivity contribution in [3.05, 3.63) is 0 Å². The summed E-state index contributed by atoms with van der Waals surface area (Å²) in [5, 5.41) is 3.54. The van der Waals surface area contributed by atoms with Crippen LogP contribution in [0.3, 0.4) is 0 Å². The molecule has 0 aromatic heterocycles. The molecule has 0 saturated carbocycles. The summed E-state index contributed by atoms with van der Waals surface area (Å²) >= 11 is 0. The number of sulfone groups is 1. The Morgan fingerprint density at radius 1 is 1.16 bits per heavy atom. The van der Waals surface area contributed by atoms with Crippen molar-refractivity contribution >= 4 is 9.84 Å². The summed E-state index contributed by atoms with van der Waals surface area (Å²) in [5.74, 6) is 1.84. The molecule has 116 valence electrons. The van der Waals surface area contributed by atoms with Crippen molar-refractivity contribution in [3.8, 4) is 0 Å². The van der Waals surface area contributed by atoms with Gasteiger partial charge in [0, 0.05) is 11.3 Å². The second-order valence-electron chi connectivity index (χ2n) is 7.01. The molecular formula is C15H33NO2S. The third-order valence-corrected chi connectivity index (χ3v) is 5.02. The largest absolute Gasteiger partial charge is 0.312 e. The van der Waals surface area contributed by atoms with Crippen molar-refractivity contribution in [2.24, 2.45) is 11.8 Å². The lowest BCUT2D eigenvalue weighted by Gasteiger charge is -2.26. The van der Waals surface area contributed by atoms with E-state index in [0.29, 0.717) is 17.6 Å². The summed E-state index contributed by atoms with van der Waals surface area (Å²) in [4.78, 5) is 0.